The Balaban J connectivity index is 4.70. The molecule has 53 heavy (non-hydrogen) atoms. The summed E-state index contributed by atoms with van der Waals surface area (Å²) in [7, 11) is 0. The lowest BCUT2D eigenvalue weighted by molar-refractivity contribution is -0.129. The molecule has 0 radical (unpaired) electrons. The molecule has 308 valence electrons. The van der Waals surface area contributed by atoms with Crippen LogP contribution in [0, 0.1) is 0 Å². The Kier molecular flexibility index (Phi) is 32.3. The number of primary amides is 1. The largest absolute Gasteiger partial charge is 0.368 e. The molecule has 15 heteroatoms. The van der Waals surface area contributed by atoms with E-state index < -0.39 is 24.0 Å². The zero-order chi connectivity index (χ0) is 39.5. The first-order chi connectivity index (χ1) is 25.6. The molecule has 0 aliphatic carbocycles. The van der Waals surface area contributed by atoms with Gasteiger partial charge < -0.3 is 49.5 Å². The van der Waals surface area contributed by atoms with Gasteiger partial charge in [0, 0.05) is 32.4 Å². The van der Waals surface area contributed by atoms with Gasteiger partial charge in [-0.1, -0.05) is 58.3 Å². The molecule has 0 aliphatic rings. The summed E-state index contributed by atoms with van der Waals surface area (Å²) in [5.74, 6) is -2.05. The van der Waals surface area contributed by atoms with Crippen molar-refractivity contribution in [2.45, 2.75) is 173 Å². The van der Waals surface area contributed by atoms with Crippen molar-refractivity contribution in [3.05, 3.63) is 0 Å². The average Bonchev–Trinajstić information content (AvgIpc) is 3.13. The zero-order valence-corrected chi connectivity index (χ0v) is 32.8. The van der Waals surface area contributed by atoms with Crippen LogP contribution in [0.5, 0.6) is 0 Å². The van der Waals surface area contributed by atoms with E-state index in [1.54, 1.807) is 0 Å². The van der Waals surface area contributed by atoms with Crippen molar-refractivity contribution in [2.75, 3.05) is 32.7 Å². The predicted octanol–water partition coefficient (Wildman–Crippen LogP) is 2.03. The van der Waals surface area contributed by atoms with E-state index in [2.05, 4.69) is 33.5 Å². The predicted molar refractivity (Wildman–Crippen MR) is 210 cm³/mol. The summed E-state index contributed by atoms with van der Waals surface area (Å²) in [6.07, 6.45) is 17.2. The van der Waals surface area contributed by atoms with Crippen LogP contribution in [0.15, 0.2) is 0 Å². The van der Waals surface area contributed by atoms with Gasteiger partial charge >= 0.3 is 0 Å². The van der Waals surface area contributed by atoms with Crippen LogP contribution in [0.4, 0.5) is 0 Å². The number of unbranched alkanes of at least 4 members (excludes halogenated alkanes) is 11. The maximum atomic E-state index is 13.0. The zero-order valence-electron chi connectivity index (χ0n) is 32.8. The van der Waals surface area contributed by atoms with Crippen molar-refractivity contribution in [3.8, 4) is 0 Å². The van der Waals surface area contributed by atoms with Crippen LogP contribution in [0.2, 0.25) is 0 Å². The van der Waals surface area contributed by atoms with Crippen molar-refractivity contribution in [2.24, 2.45) is 22.9 Å². The summed E-state index contributed by atoms with van der Waals surface area (Å²) < 4.78 is 0. The highest BCUT2D eigenvalue weighted by molar-refractivity contribution is 5.89. The Labute approximate surface area is 318 Å². The van der Waals surface area contributed by atoms with E-state index in [4.69, 9.17) is 22.9 Å². The van der Waals surface area contributed by atoms with E-state index in [1.807, 2.05) is 0 Å². The summed E-state index contributed by atoms with van der Waals surface area (Å²) in [5, 5.41) is 13.9. The van der Waals surface area contributed by atoms with E-state index >= 15 is 0 Å². The third-order valence-electron chi connectivity index (χ3n) is 9.09. The van der Waals surface area contributed by atoms with Crippen LogP contribution in [-0.4, -0.2) is 86.3 Å². The Morgan fingerprint density at radius 2 is 0.774 bits per heavy atom. The fourth-order valence-corrected chi connectivity index (χ4v) is 5.86. The molecule has 0 aliphatic heterocycles. The molecule has 15 nitrogen and oxygen atoms in total. The van der Waals surface area contributed by atoms with E-state index in [0.29, 0.717) is 83.8 Å². The molecule has 0 aromatic heterocycles. The molecule has 3 unspecified atom stereocenters. The van der Waals surface area contributed by atoms with Gasteiger partial charge in [0.1, 0.15) is 18.1 Å². The minimum absolute atomic E-state index is 0.0910. The van der Waals surface area contributed by atoms with E-state index in [-0.39, 0.29) is 55.5 Å². The summed E-state index contributed by atoms with van der Waals surface area (Å²) in [6, 6.07) is -2.19. The highest BCUT2D eigenvalue weighted by Crippen LogP contribution is 2.11. The molecule has 0 rings (SSSR count). The number of nitrogens with one attached hydrogen (secondary N) is 5. The van der Waals surface area contributed by atoms with Crippen LogP contribution in [0.25, 0.3) is 0 Å². The fourth-order valence-electron chi connectivity index (χ4n) is 5.86. The second-order valence-electron chi connectivity index (χ2n) is 14.0. The van der Waals surface area contributed by atoms with E-state index in [1.165, 1.54) is 38.5 Å². The van der Waals surface area contributed by atoms with Gasteiger partial charge in [-0.05, 0) is 96.7 Å². The Hall–Kier alpha value is -3.30. The molecule has 0 bridgehead atoms. The highest BCUT2D eigenvalue weighted by Gasteiger charge is 2.22. The molecular formula is C38H75N9O6. The van der Waals surface area contributed by atoms with Gasteiger partial charge in [-0.3, -0.25) is 28.8 Å². The molecule has 0 heterocycles. The molecular weight excluding hydrogens is 678 g/mol. The van der Waals surface area contributed by atoms with Crippen molar-refractivity contribution in [1.82, 2.24) is 26.6 Å². The summed E-state index contributed by atoms with van der Waals surface area (Å²) in [4.78, 5) is 75.3. The number of hydrogen-bond acceptors (Lipinski definition) is 9. The lowest BCUT2D eigenvalue weighted by Gasteiger charge is -2.20. The van der Waals surface area contributed by atoms with Crippen LogP contribution >= 0.6 is 0 Å². The molecule has 6 amide bonds. The molecule has 0 fully saturated rings. The summed E-state index contributed by atoms with van der Waals surface area (Å²) in [5.41, 5.74) is 22.1. The van der Waals surface area contributed by atoms with Crippen LogP contribution < -0.4 is 49.5 Å². The van der Waals surface area contributed by atoms with Gasteiger partial charge in [0.25, 0.3) is 0 Å². The first-order valence-corrected chi connectivity index (χ1v) is 20.4. The second kappa shape index (κ2) is 34.5. The smallest absolute Gasteiger partial charge is 0.242 e. The number of hydrogen-bond donors (Lipinski definition) is 9. The minimum Gasteiger partial charge on any atom is -0.368 e. The fraction of sp³-hybridized carbons (Fsp3) is 0.842. The van der Waals surface area contributed by atoms with E-state index in [0.717, 1.165) is 32.1 Å². The molecule has 0 saturated carbocycles. The van der Waals surface area contributed by atoms with Crippen LogP contribution in [-0.2, 0) is 28.8 Å². The van der Waals surface area contributed by atoms with E-state index in [9.17, 15) is 28.8 Å². The molecule has 0 aromatic rings. The maximum absolute atomic E-state index is 13.0. The average molecular weight is 754 g/mol. The second-order valence-corrected chi connectivity index (χ2v) is 14.0. The normalized spacial score (nSPS) is 12.7. The van der Waals surface area contributed by atoms with Gasteiger partial charge in [-0.25, -0.2) is 0 Å². The lowest BCUT2D eigenvalue weighted by Crippen LogP contribution is -2.48. The van der Waals surface area contributed by atoms with Gasteiger partial charge in [0.05, 0.1) is 0 Å². The number of amides is 6. The van der Waals surface area contributed by atoms with Gasteiger partial charge in [-0.2, -0.15) is 0 Å². The highest BCUT2D eigenvalue weighted by atomic mass is 16.2. The molecule has 0 saturated heterocycles. The van der Waals surface area contributed by atoms with Crippen molar-refractivity contribution >= 4 is 35.4 Å². The van der Waals surface area contributed by atoms with Crippen LogP contribution in [0.3, 0.4) is 0 Å². The van der Waals surface area contributed by atoms with Crippen molar-refractivity contribution < 1.29 is 28.8 Å². The minimum atomic E-state index is -0.771. The Morgan fingerprint density at radius 1 is 0.434 bits per heavy atom. The quantitative estimate of drug-likeness (QED) is 0.0423. The molecule has 0 spiro atoms. The van der Waals surface area contributed by atoms with Crippen molar-refractivity contribution in [1.29, 1.82) is 0 Å². The topological polar surface area (TPSA) is 267 Å². The molecule has 3 atom stereocenters. The first kappa shape index (κ1) is 49.7. The monoisotopic (exact) mass is 754 g/mol. The number of carbonyl (C=O) groups excluding carboxylic acids is 6. The Bertz CT molecular complexity index is 1020. The maximum Gasteiger partial charge on any atom is 0.242 e. The number of rotatable bonds is 36. The van der Waals surface area contributed by atoms with Crippen LogP contribution in [0.1, 0.15) is 155 Å². The summed E-state index contributed by atoms with van der Waals surface area (Å²) >= 11 is 0. The lowest BCUT2D eigenvalue weighted by atomic mass is 10.1. The van der Waals surface area contributed by atoms with Gasteiger partial charge in [0.2, 0.25) is 35.4 Å². The third-order valence-corrected chi connectivity index (χ3v) is 9.09. The summed E-state index contributed by atoms with van der Waals surface area (Å²) in [6.45, 7) is 4.11. The molecule has 0 aromatic carbocycles. The molecule has 13 N–H and O–H groups in total. The standard InChI is InChI=1S/C38H75N9O6/c1-2-3-4-5-6-7-8-9-10-22-33(48)46-31(20-12-15-26-40)37(52)44-29-18-24-35(50)47-32(21-13-16-27-41)38(53)43-28-17-23-34(49)45-30(36(42)51)19-11-14-25-39/h30-32H,2-29,39-41H2,1H3,(H2,42,51)(H,43,53)(H,44,52)(H,45,49)(H,46,48)(H,47,50). The number of nitrogens with two attached hydrogens (primary N) is 4. The first-order valence-electron chi connectivity index (χ1n) is 20.4. The van der Waals surface area contributed by atoms with Gasteiger partial charge in [-0.15, -0.1) is 0 Å². The van der Waals surface area contributed by atoms with Gasteiger partial charge in [0.15, 0.2) is 0 Å². The Morgan fingerprint density at radius 3 is 1.15 bits per heavy atom. The SMILES string of the molecule is CCCCCCCCCCCC(=O)NC(CCCCN)C(=O)NCCCC(=O)NC(CCCCN)C(=O)NCCCC(=O)NC(CCCCN)C(N)=O. The van der Waals surface area contributed by atoms with Crippen molar-refractivity contribution in [3.63, 3.8) is 0 Å². The number of carbonyl (C=O) groups is 6. The third kappa shape index (κ3) is 28.8.